The quantitative estimate of drug-likeness (QED) is 0.734. The molecule has 0 fully saturated rings. The van der Waals surface area contributed by atoms with Crippen molar-refractivity contribution in [2.75, 3.05) is 0 Å². The molecule has 0 atom stereocenters. The molecule has 0 radical (unpaired) electrons. The van der Waals surface area contributed by atoms with Crippen molar-refractivity contribution in [2.24, 2.45) is 0 Å². The number of rotatable bonds is 2. The van der Waals surface area contributed by atoms with Gasteiger partial charge in [-0.15, -0.1) is 0 Å². The molecule has 2 rings (SSSR count). The summed E-state index contributed by atoms with van der Waals surface area (Å²) >= 11 is 0. The lowest BCUT2D eigenvalue weighted by Gasteiger charge is -2.12. The summed E-state index contributed by atoms with van der Waals surface area (Å²) in [7, 11) is 0. The molecule has 0 aliphatic heterocycles. The van der Waals surface area contributed by atoms with Crippen LogP contribution in [0.4, 0.5) is 0 Å². The molecule has 88 valence electrons. The van der Waals surface area contributed by atoms with E-state index in [1.165, 1.54) is 11.1 Å². The molecular formula is C15H16O2. The predicted molar refractivity (Wildman–Crippen MR) is 69.6 cm³/mol. The summed E-state index contributed by atoms with van der Waals surface area (Å²) in [5.41, 5.74) is 4.61. The first-order valence-electron chi connectivity index (χ1n) is 5.66. The Morgan fingerprint density at radius 2 is 1.53 bits per heavy atom. The van der Waals surface area contributed by atoms with Gasteiger partial charge in [0.25, 0.3) is 6.47 Å². The van der Waals surface area contributed by atoms with E-state index in [1.54, 1.807) is 0 Å². The summed E-state index contributed by atoms with van der Waals surface area (Å²) < 4.78 is 5.15. The molecule has 2 nitrogen and oxygen atoms in total. The van der Waals surface area contributed by atoms with E-state index in [4.69, 9.17) is 4.74 Å². The second-order valence-electron chi connectivity index (χ2n) is 4.52. The summed E-state index contributed by atoms with van der Waals surface area (Å²) in [5.74, 6) is 0.679. The molecule has 0 aliphatic carbocycles. The molecule has 0 bridgehead atoms. The highest BCUT2D eigenvalue weighted by atomic mass is 16.5. The van der Waals surface area contributed by atoms with Crippen molar-refractivity contribution >= 4 is 17.2 Å². The number of benzene rings is 2. The Balaban J connectivity index is 2.87. The average molecular weight is 228 g/mol. The topological polar surface area (TPSA) is 26.3 Å². The molecule has 2 aromatic carbocycles. The first-order chi connectivity index (χ1) is 8.04. The van der Waals surface area contributed by atoms with Gasteiger partial charge in [-0.2, -0.15) is 0 Å². The van der Waals surface area contributed by atoms with E-state index in [9.17, 15) is 4.79 Å². The molecular weight excluding hydrogens is 212 g/mol. The molecule has 0 amide bonds. The number of carbonyl (C=O) groups is 1. The van der Waals surface area contributed by atoms with Crippen LogP contribution in [-0.2, 0) is 4.79 Å². The fourth-order valence-electron chi connectivity index (χ4n) is 2.08. The predicted octanol–water partition coefficient (Wildman–Crippen LogP) is 3.61. The van der Waals surface area contributed by atoms with Crippen LogP contribution >= 0.6 is 0 Å². The van der Waals surface area contributed by atoms with Crippen LogP contribution in [0.5, 0.6) is 5.75 Å². The smallest absolute Gasteiger partial charge is 0.298 e. The number of hydrogen-bond donors (Lipinski definition) is 0. The van der Waals surface area contributed by atoms with Gasteiger partial charge in [0.05, 0.1) is 0 Å². The normalized spacial score (nSPS) is 10.6. The van der Waals surface area contributed by atoms with Gasteiger partial charge in [-0.1, -0.05) is 12.1 Å². The molecule has 2 aromatic rings. The molecule has 0 saturated carbocycles. The largest absolute Gasteiger partial charge is 0.428 e. The van der Waals surface area contributed by atoms with Crippen LogP contribution in [0, 0.1) is 27.7 Å². The van der Waals surface area contributed by atoms with E-state index >= 15 is 0 Å². The fraction of sp³-hybridized carbons (Fsp3) is 0.267. The Morgan fingerprint density at radius 3 is 2.18 bits per heavy atom. The second kappa shape index (κ2) is 4.21. The Labute approximate surface area is 101 Å². The summed E-state index contributed by atoms with van der Waals surface area (Å²) in [6, 6.07) is 6.35. The summed E-state index contributed by atoms with van der Waals surface area (Å²) in [4.78, 5) is 10.6. The summed E-state index contributed by atoms with van der Waals surface area (Å²) in [6.07, 6.45) is 0. The molecule has 17 heavy (non-hydrogen) atoms. The molecule has 0 heterocycles. The minimum atomic E-state index is 0.496. The van der Waals surface area contributed by atoms with E-state index in [0.717, 1.165) is 21.9 Å². The Hall–Kier alpha value is -1.83. The minimum Gasteiger partial charge on any atom is -0.428 e. The maximum Gasteiger partial charge on any atom is 0.298 e. The highest BCUT2D eigenvalue weighted by Crippen LogP contribution is 2.33. The van der Waals surface area contributed by atoms with Gasteiger partial charge < -0.3 is 4.74 Å². The fourth-order valence-corrected chi connectivity index (χ4v) is 2.08. The van der Waals surface area contributed by atoms with Crippen molar-refractivity contribution < 1.29 is 9.53 Å². The highest BCUT2D eigenvalue weighted by molar-refractivity contribution is 5.92. The van der Waals surface area contributed by atoms with Gasteiger partial charge in [0.2, 0.25) is 0 Å². The Kier molecular flexibility index (Phi) is 2.88. The molecule has 0 spiro atoms. The van der Waals surface area contributed by atoms with Gasteiger partial charge in [0, 0.05) is 5.39 Å². The molecule has 0 aromatic heterocycles. The lowest BCUT2D eigenvalue weighted by molar-refractivity contribution is -0.120. The van der Waals surface area contributed by atoms with Gasteiger partial charge in [-0.25, -0.2) is 0 Å². The maximum absolute atomic E-state index is 10.6. The average Bonchev–Trinajstić information content (AvgIpc) is 2.28. The number of hydrogen-bond acceptors (Lipinski definition) is 2. The van der Waals surface area contributed by atoms with Crippen LogP contribution in [0.25, 0.3) is 10.8 Å². The molecule has 0 saturated heterocycles. The summed E-state index contributed by atoms with van der Waals surface area (Å²) in [6.45, 7) is 8.65. The monoisotopic (exact) mass is 228 g/mol. The second-order valence-corrected chi connectivity index (χ2v) is 4.52. The Morgan fingerprint density at radius 1 is 0.941 bits per heavy atom. The highest BCUT2D eigenvalue weighted by Gasteiger charge is 2.10. The Bertz CT molecular complexity index is 592. The van der Waals surface area contributed by atoms with E-state index in [2.05, 4.69) is 32.0 Å². The third-order valence-electron chi connectivity index (χ3n) is 3.38. The van der Waals surface area contributed by atoms with E-state index in [0.29, 0.717) is 12.2 Å². The van der Waals surface area contributed by atoms with Crippen molar-refractivity contribution in [3.63, 3.8) is 0 Å². The SMILES string of the molecule is Cc1cc2cc(C)c(C)c(OC=O)c2cc1C. The zero-order valence-corrected chi connectivity index (χ0v) is 10.6. The van der Waals surface area contributed by atoms with Crippen LogP contribution in [0.2, 0.25) is 0 Å². The van der Waals surface area contributed by atoms with E-state index < -0.39 is 0 Å². The molecule has 2 heteroatoms. The number of fused-ring (bicyclic) bond motifs is 1. The first kappa shape index (κ1) is 11.6. The molecule has 0 unspecified atom stereocenters. The van der Waals surface area contributed by atoms with Crippen molar-refractivity contribution in [1.29, 1.82) is 0 Å². The number of aryl methyl sites for hydroxylation is 3. The van der Waals surface area contributed by atoms with Gasteiger partial charge in [0.15, 0.2) is 0 Å². The van der Waals surface area contributed by atoms with Crippen LogP contribution in [-0.4, -0.2) is 6.47 Å². The zero-order chi connectivity index (χ0) is 12.6. The van der Waals surface area contributed by atoms with Gasteiger partial charge in [-0.3, -0.25) is 4.79 Å². The van der Waals surface area contributed by atoms with Gasteiger partial charge in [-0.05, 0) is 61.4 Å². The first-order valence-corrected chi connectivity index (χ1v) is 5.66. The maximum atomic E-state index is 10.6. The van der Waals surface area contributed by atoms with Gasteiger partial charge >= 0.3 is 0 Å². The van der Waals surface area contributed by atoms with Crippen LogP contribution in [0.1, 0.15) is 22.3 Å². The van der Waals surface area contributed by atoms with Crippen molar-refractivity contribution in [3.8, 4) is 5.75 Å². The molecule has 0 aliphatic rings. The standard InChI is InChI=1S/C15H16O2/c1-9-5-13-6-11(3)12(4)15(17-8-16)14(13)7-10(9)2/h5-8H,1-4H3. The van der Waals surface area contributed by atoms with Crippen molar-refractivity contribution in [1.82, 2.24) is 0 Å². The number of ether oxygens (including phenoxy) is 1. The molecule has 0 N–H and O–H groups in total. The van der Waals surface area contributed by atoms with Crippen LogP contribution < -0.4 is 4.74 Å². The van der Waals surface area contributed by atoms with E-state index in [-0.39, 0.29) is 0 Å². The minimum absolute atomic E-state index is 0.496. The van der Waals surface area contributed by atoms with Crippen LogP contribution in [0.3, 0.4) is 0 Å². The van der Waals surface area contributed by atoms with Crippen molar-refractivity contribution in [3.05, 3.63) is 40.5 Å². The van der Waals surface area contributed by atoms with Crippen molar-refractivity contribution in [2.45, 2.75) is 27.7 Å². The van der Waals surface area contributed by atoms with Crippen LogP contribution in [0.15, 0.2) is 18.2 Å². The lowest BCUT2D eigenvalue weighted by Crippen LogP contribution is -1.96. The lowest BCUT2D eigenvalue weighted by atomic mass is 9.97. The number of carbonyl (C=O) groups excluding carboxylic acids is 1. The third kappa shape index (κ3) is 1.91. The summed E-state index contributed by atoms with van der Waals surface area (Å²) in [5, 5.41) is 2.12. The van der Waals surface area contributed by atoms with Gasteiger partial charge in [0.1, 0.15) is 5.75 Å². The van der Waals surface area contributed by atoms with E-state index in [1.807, 2.05) is 13.8 Å². The third-order valence-corrected chi connectivity index (χ3v) is 3.38. The zero-order valence-electron chi connectivity index (χ0n) is 10.6.